The number of nitrogens with zero attached hydrogens (tertiary/aromatic N) is 3. The number of benzene rings is 1. The van der Waals surface area contributed by atoms with Gasteiger partial charge in [-0.2, -0.15) is 0 Å². The Balaban J connectivity index is 2.42. The van der Waals surface area contributed by atoms with Crippen LogP contribution in [0.25, 0.3) is 11.3 Å². The number of aromatic nitrogens is 3. The molecule has 0 bridgehead atoms. The van der Waals surface area contributed by atoms with Crippen LogP contribution in [-0.2, 0) is 13.2 Å². The maximum Gasteiger partial charge on any atom is 0.116 e. The van der Waals surface area contributed by atoms with Crippen molar-refractivity contribution in [2.45, 2.75) is 40.3 Å². The summed E-state index contributed by atoms with van der Waals surface area (Å²) in [7, 11) is 0. The SMILES string of the molecule is Cc1ccccc1-c1c(CO)nnn1CCC(C)C. The van der Waals surface area contributed by atoms with Crippen molar-refractivity contribution >= 4 is 0 Å². The van der Waals surface area contributed by atoms with Crippen LogP contribution >= 0.6 is 0 Å². The zero-order valence-corrected chi connectivity index (χ0v) is 11.8. The molecule has 0 atom stereocenters. The highest BCUT2D eigenvalue weighted by atomic mass is 16.3. The van der Waals surface area contributed by atoms with Crippen LogP contribution in [-0.4, -0.2) is 20.1 Å². The van der Waals surface area contributed by atoms with E-state index >= 15 is 0 Å². The van der Waals surface area contributed by atoms with E-state index < -0.39 is 0 Å². The van der Waals surface area contributed by atoms with Gasteiger partial charge in [0.1, 0.15) is 5.69 Å². The number of hydrogen-bond donors (Lipinski definition) is 1. The molecule has 0 radical (unpaired) electrons. The molecule has 0 saturated carbocycles. The largest absolute Gasteiger partial charge is 0.390 e. The van der Waals surface area contributed by atoms with Gasteiger partial charge in [0, 0.05) is 12.1 Å². The Bertz CT molecular complexity index is 546. The van der Waals surface area contributed by atoms with Crippen LogP contribution in [0.3, 0.4) is 0 Å². The predicted octanol–water partition coefficient (Wildman–Crippen LogP) is 2.79. The number of aliphatic hydroxyl groups excluding tert-OH is 1. The van der Waals surface area contributed by atoms with Crippen LogP contribution in [0.5, 0.6) is 0 Å². The van der Waals surface area contributed by atoms with Crippen LogP contribution < -0.4 is 0 Å². The Morgan fingerprint density at radius 2 is 2.00 bits per heavy atom. The van der Waals surface area contributed by atoms with Gasteiger partial charge in [-0.3, -0.25) is 0 Å². The summed E-state index contributed by atoms with van der Waals surface area (Å²) in [5, 5.41) is 17.7. The van der Waals surface area contributed by atoms with E-state index in [1.165, 1.54) is 5.56 Å². The molecule has 19 heavy (non-hydrogen) atoms. The summed E-state index contributed by atoms with van der Waals surface area (Å²) >= 11 is 0. The first-order valence-corrected chi connectivity index (χ1v) is 6.72. The summed E-state index contributed by atoms with van der Waals surface area (Å²) in [6, 6.07) is 8.14. The third-order valence-electron chi connectivity index (χ3n) is 3.27. The fourth-order valence-corrected chi connectivity index (χ4v) is 2.13. The van der Waals surface area contributed by atoms with E-state index in [9.17, 15) is 5.11 Å². The molecule has 0 saturated heterocycles. The number of aliphatic hydroxyl groups is 1. The van der Waals surface area contributed by atoms with Crippen molar-refractivity contribution in [2.75, 3.05) is 0 Å². The predicted molar refractivity (Wildman–Crippen MR) is 75.6 cm³/mol. The monoisotopic (exact) mass is 259 g/mol. The highest BCUT2D eigenvalue weighted by Gasteiger charge is 2.15. The number of hydrogen-bond acceptors (Lipinski definition) is 3. The van der Waals surface area contributed by atoms with Crippen molar-refractivity contribution in [3.05, 3.63) is 35.5 Å². The van der Waals surface area contributed by atoms with E-state index in [1.807, 2.05) is 16.8 Å². The van der Waals surface area contributed by atoms with Gasteiger partial charge in [0.2, 0.25) is 0 Å². The summed E-state index contributed by atoms with van der Waals surface area (Å²) in [6.45, 7) is 7.20. The average molecular weight is 259 g/mol. The van der Waals surface area contributed by atoms with E-state index in [2.05, 4.69) is 43.2 Å². The van der Waals surface area contributed by atoms with E-state index in [0.29, 0.717) is 11.6 Å². The molecular weight excluding hydrogens is 238 g/mol. The Morgan fingerprint density at radius 1 is 1.26 bits per heavy atom. The summed E-state index contributed by atoms with van der Waals surface area (Å²) in [5.74, 6) is 0.617. The lowest BCUT2D eigenvalue weighted by molar-refractivity contribution is 0.277. The Kier molecular flexibility index (Phi) is 4.32. The molecule has 4 nitrogen and oxygen atoms in total. The molecule has 2 rings (SSSR count). The lowest BCUT2D eigenvalue weighted by Crippen LogP contribution is -2.06. The van der Waals surface area contributed by atoms with Crippen molar-refractivity contribution in [1.82, 2.24) is 15.0 Å². The smallest absolute Gasteiger partial charge is 0.116 e. The van der Waals surface area contributed by atoms with Crippen molar-refractivity contribution in [2.24, 2.45) is 5.92 Å². The van der Waals surface area contributed by atoms with Gasteiger partial charge in [-0.25, -0.2) is 4.68 Å². The molecule has 4 heteroatoms. The second-order valence-electron chi connectivity index (χ2n) is 5.26. The maximum atomic E-state index is 9.45. The van der Waals surface area contributed by atoms with Crippen molar-refractivity contribution in [3.8, 4) is 11.3 Å². The van der Waals surface area contributed by atoms with Gasteiger partial charge in [-0.05, 0) is 24.8 Å². The van der Waals surface area contributed by atoms with Gasteiger partial charge < -0.3 is 5.11 Å². The molecule has 1 aromatic heterocycles. The van der Waals surface area contributed by atoms with E-state index in [4.69, 9.17) is 0 Å². The highest BCUT2D eigenvalue weighted by molar-refractivity contribution is 5.65. The maximum absolute atomic E-state index is 9.45. The molecule has 1 heterocycles. The minimum absolute atomic E-state index is 0.0780. The molecule has 1 N–H and O–H groups in total. The minimum atomic E-state index is -0.0780. The zero-order valence-electron chi connectivity index (χ0n) is 11.8. The summed E-state index contributed by atoms with van der Waals surface area (Å²) in [6.07, 6.45) is 1.05. The second-order valence-corrected chi connectivity index (χ2v) is 5.26. The lowest BCUT2D eigenvalue weighted by Gasteiger charge is -2.11. The molecule has 0 aliphatic carbocycles. The van der Waals surface area contributed by atoms with Gasteiger partial charge in [0.15, 0.2) is 0 Å². The average Bonchev–Trinajstić information content (AvgIpc) is 2.79. The van der Waals surface area contributed by atoms with Gasteiger partial charge in [0.25, 0.3) is 0 Å². The first kappa shape index (κ1) is 13.7. The van der Waals surface area contributed by atoms with Crippen molar-refractivity contribution in [1.29, 1.82) is 0 Å². The molecule has 0 unspecified atom stereocenters. The van der Waals surface area contributed by atoms with Gasteiger partial charge in [0.05, 0.1) is 12.3 Å². The Labute approximate surface area is 114 Å². The van der Waals surface area contributed by atoms with Crippen LogP contribution in [0.1, 0.15) is 31.5 Å². The molecule has 0 fully saturated rings. The minimum Gasteiger partial charge on any atom is -0.390 e. The van der Waals surface area contributed by atoms with Crippen LogP contribution in [0.15, 0.2) is 24.3 Å². The molecule has 0 amide bonds. The molecule has 0 aliphatic heterocycles. The third-order valence-corrected chi connectivity index (χ3v) is 3.27. The van der Waals surface area contributed by atoms with Crippen molar-refractivity contribution in [3.63, 3.8) is 0 Å². The molecule has 102 valence electrons. The zero-order chi connectivity index (χ0) is 13.8. The van der Waals surface area contributed by atoms with Crippen LogP contribution in [0, 0.1) is 12.8 Å². The van der Waals surface area contributed by atoms with Crippen molar-refractivity contribution < 1.29 is 5.11 Å². The van der Waals surface area contributed by atoms with E-state index in [0.717, 1.165) is 24.2 Å². The molecule has 0 spiro atoms. The van der Waals surface area contributed by atoms with Crippen LogP contribution in [0.2, 0.25) is 0 Å². The summed E-state index contributed by atoms with van der Waals surface area (Å²) in [4.78, 5) is 0. The van der Waals surface area contributed by atoms with Gasteiger partial charge in [-0.1, -0.05) is 43.3 Å². The fourth-order valence-electron chi connectivity index (χ4n) is 2.13. The standard InChI is InChI=1S/C15H21N3O/c1-11(2)8-9-18-15(14(10-19)16-17-18)13-7-5-4-6-12(13)3/h4-7,11,19H,8-10H2,1-3H3. The molecular formula is C15H21N3O. The van der Waals surface area contributed by atoms with Gasteiger partial charge >= 0.3 is 0 Å². The highest BCUT2D eigenvalue weighted by Crippen LogP contribution is 2.26. The Morgan fingerprint density at radius 3 is 2.63 bits per heavy atom. The molecule has 2 aromatic rings. The fraction of sp³-hybridized carbons (Fsp3) is 0.467. The summed E-state index contributed by atoms with van der Waals surface area (Å²) < 4.78 is 1.91. The Hall–Kier alpha value is -1.68. The lowest BCUT2D eigenvalue weighted by atomic mass is 10.0. The normalized spacial score (nSPS) is 11.2. The van der Waals surface area contributed by atoms with E-state index in [-0.39, 0.29) is 6.61 Å². The first-order chi connectivity index (χ1) is 9.13. The third kappa shape index (κ3) is 3.01. The number of aryl methyl sites for hydroxylation is 2. The molecule has 0 aliphatic rings. The summed E-state index contributed by atoms with van der Waals surface area (Å²) in [5.41, 5.74) is 3.87. The van der Waals surface area contributed by atoms with E-state index in [1.54, 1.807) is 0 Å². The quantitative estimate of drug-likeness (QED) is 0.898. The first-order valence-electron chi connectivity index (χ1n) is 6.72. The van der Waals surface area contributed by atoms with Crippen LogP contribution in [0.4, 0.5) is 0 Å². The number of rotatable bonds is 5. The second kappa shape index (κ2) is 5.97. The molecule has 1 aromatic carbocycles. The topological polar surface area (TPSA) is 50.9 Å². The van der Waals surface area contributed by atoms with Gasteiger partial charge in [-0.15, -0.1) is 5.10 Å².